The number of ether oxygens (including phenoxy) is 1. The van der Waals surface area contributed by atoms with Gasteiger partial charge in [-0.3, -0.25) is 9.69 Å². The molecule has 0 aliphatic carbocycles. The molecule has 1 saturated heterocycles. The highest BCUT2D eigenvalue weighted by atomic mass is 35.5. The number of rotatable bonds is 8. The summed E-state index contributed by atoms with van der Waals surface area (Å²) in [4.78, 5) is 20.3. The molecule has 2 aromatic carbocycles. The number of para-hydroxylation sites is 2. The summed E-state index contributed by atoms with van der Waals surface area (Å²) in [5, 5.41) is 4.07. The van der Waals surface area contributed by atoms with E-state index in [0.29, 0.717) is 16.8 Å². The number of carbonyl (C=O) groups excluding carboxylic acids is 1. The van der Waals surface area contributed by atoms with Crippen LogP contribution in [0, 0.1) is 6.92 Å². The Morgan fingerprint density at radius 1 is 1.33 bits per heavy atom. The molecule has 4 rings (SSSR count). The third-order valence-electron chi connectivity index (χ3n) is 6.05. The first-order chi connectivity index (χ1) is 16.0. The van der Waals surface area contributed by atoms with Gasteiger partial charge in [-0.1, -0.05) is 41.6 Å². The SMILES string of the molecule is COCCN1CCCC(n2c(SC(C)C(=O)Nc3ccc(C)cc3Cl)nc3ccccc32)C1. The van der Waals surface area contributed by atoms with Crippen molar-refractivity contribution in [3.8, 4) is 0 Å². The second kappa shape index (κ2) is 10.9. The molecular formula is C25H31ClN4O2S. The molecule has 2 heterocycles. The third-order valence-corrected chi connectivity index (χ3v) is 7.43. The molecule has 176 valence electrons. The molecule has 1 aliphatic rings. The van der Waals surface area contributed by atoms with Gasteiger partial charge in [0.15, 0.2) is 5.16 Å². The molecule has 33 heavy (non-hydrogen) atoms. The van der Waals surface area contributed by atoms with Gasteiger partial charge in [-0.2, -0.15) is 0 Å². The number of hydrogen-bond donors (Lipinski definition) is 1. The smallest absolute Gasteiger partial charge is 0.237 e. The fourth-order valence-electron chi connectivity index (χ4n) is 4.29. The summed E-state index contributed by atoms with van der Waals surface area (Å²) in [7, 11) is 1.75. The molecule has 1 amide bonds. The van der Waals surface area contributed by atoms with E-state index in [2.05, 4.69) is 26.9 Å². The predicted molar refractivity (Wildman–Crippen MR) is 136 cm³/mol. The van der Waals surface area contributed by atoms with Crippen LogP contribution in [0.1, 0.15) is 31.4 Å². The largest absolute Gasteiger partial charge is 0.383 e. The molecule has 2 unspecified atom stereocenters. The minimum atomic E-state index is -0.328. The number of likely N-dealkylation sites (tertiary alicyclic amines) is 1. The van der Waals surface area contributed by atoms with E-state index in [1.165, 1.54) is 11.8 Å². The van der Waals surface area contributed by atoms with Crippen LogP contribution in [0.15, 0.2) is 47.6 Å². The summed E-state index contributed by atoms with van der Waals surface area (Å²) in [6.07, 6.45) is 2.23. The van der Waals surface area contributed by atoms with Crippen LogP contribution < -0.4 is 5.32 Å². The maximum atomic E-state index is 13.0. The highest BCUT2D eigenvalue weighted by Crippen LogP contribution is 2.34. The normalized spacial score (nSPS) is 17.9. The fourth-order valence-corrected chi connectivity index (χ4v) is 5.57. The van der Waals surface area contributed by atoms with Crippen molar-refractivity contribution in [3.63, 3.8) is 0 Å². The molecule has 1 N–H and O–H groups in total. The number of halogens is 1. The Hall–Kier alpha value is -2.06. The lowest BCUT2D eigenvalue weighted by Gasteiger charge is -2.34. The fraction of sp³-hybridized carbons (Fsp3) is 0.440. The predicted octanol–water partition coefficient (Wildman–Crippen LogP) is 5.40. The summed E-state index contributed by atoms with van der Waals surface area (Å²) < 4.78 is 7.62. The van der Waals surface area contributed by atoms with Crippen LogP contribution >= 0.6 is 23.4 Å². The number of carbonyl (C=O) groups is 1. The van der Waals surface area contributed by atoms with Crippen LogP contribution in [-0.2, 0) is 9.53 Å². The first-order valence-electron chi connectivity index (χ1n) is 11.4. The van der Waals surface area contributed by atoms with Crippen molar-refractivity contribution in [1.29, 1.82) is 0 Å². The van der Waals surface area contributed by atoms with Crippen molar-refractivity contribution in [3.05, 3.63) is 53.1 Å². The Kier molecular flexibility index (Phi) is 7.96. The zero-order chi connectivity index (χ0) is 23.4. The minimum Gasteiger partial charge on any atom is -0.383 e. The van der Waals surface area contributed by atoms with Gasteiger partial charge in [-0.25, -0.2) is 4.98 Å². The number of aromatic nitrogens is 2. The Morgan fingerprint density at radius 3 is 2.94 bits per heavy atom. The van der Waals surface area contributed by atoms with E-state index in [4.69, 9.17) is 21.3 Å². The lowest BCUT2D eigenvalue weighted by atomic mass is 10.1. The summed E-state index contributed by atoms with van der Waals surface area (Å²) in [6.45, 7) is 7.59. The molecule has 1 aliphatic heterocycles. The lowest BCUT2D eigenvalue weighted by Crippen LogP contribution is -2.38. The van der Waals surface area contributed by atoms with E-state index in [9.17, 15) is 4.79 Å². The Balaban J connectivity index is 1.55. The van der Waals surface area contributed by atoms with Gasteiger partial charge >= 0.3 is 0 Å². The molecule has 0 spiro atoms. The molecule has 0 bridgehead atoms. The molecule has 1 fully saturated rings. The summed E-state index contributed by atoms with van der Waals surface area (Å²) >= 11 is 7.82. The molecule has 6 nitrogen and oxygen atoms in total. The van der Waals surface area contributed by atoms with Gasteiger partial charge in [0.05, 0.1) is 33.6 Å². The Labute approximate surface area is 204 Å². The van der Waals surface area contributed by atoms with E-state index < -0.39 is 0 Å². The number of amides is 1. The topological polar surface area (TPSA) is 59.4 Å². The van der Waals surface area contributed by atoms with Gasteiger partial charge < -0.3 is 14.6 Å². The molecule has 3 aromatic rings. The second-order valence-corrected chi connectivity index (χ2v) is 10.3. The molecular weight excluding hydrogens is 456 g/mol. The molecule has 0 saturated carbocycles. The van der Waals surface area contributed by atoms with Gasteiger partial charge in [0.1, 0.15) is 0 Å². The number of hydrogen-bond acceptors (Lipinski definition) is 5. The number of imidazole rings is 1. The van der Waals surface area contributed by atoms with Crippen LogP contribution in [0.2, 0.25) is 5.02 Å². The number of fused-ring (bicyclic) bond motifs is 1. The molecule has 1 aromatic heterocycles. The van der Waals surface area contributed by atoms with E-state index in [1.54, 1.807) is 7.11 Å². The highest BCUT2D eigenvalue weighted by Gasteiger charge is 2.27. The van der Waals surface area contributed by atoms with E-state index >= 15 is 0 Å². The second-order valence-electron chi connectivity index (χ2n) is 8.58. The van der Waals surface area contributed by atoms with Gasteiger partial charge in [-0.05, 0) is 63.1 Å². The van der Waals surface area contributed by atoms with Crippen molar-refractivity contribution in [2.75, 3.05) is 38.7 Å². The number of methoxy groups -OCH3 is 1. The van der Waals surface area contributed by atoms with Crippen LogP contribution in [0.5, 0.6) is 0 Å². The maximum Gasteiger partial charge on any atom is 0.237 e. The third kappa shape index (κ3) is 5.72. The van der Waals surface area contributed by atoms with Crippen LogP contribution in [0.3, 0.4) is 0 Å². The number of thioether (sulfide) groups is 1. The van der Waals surface area contributed by atoms with Crippen molar-refractivity contribution >= 4 is 46.0 Å². The van der Waals surface area contributed by atoms with Crippen molar-refractivity contribution in [2.24, 2.45) is 0 Å². The highest BCUT2D eigenvalue weighted by molar-refractivity contribution is 8.00. The maximum absolute atomic E-state index is 13.0. The summed E-state index contributed by atoms with van der Waals surface area (Å²) in [5.74, 6) is -0.0882. The van der Waals surface area contributed by atoms with Gasteiger partial charge in [0.25, 0.3) is 0 Å². The van der Waals surface area contributed by atoms with Crippen LogP contribution in [0.4, 0.5) is 5.69 Å². The summed E-state index contributed by atoms with van der Waals surface area (Å²) in [6, 6.07) is 14.2. The zero-order valence-electron chi connectivity index (χ0n) is 19.4. The van der Waals surface area contributed by atoms with E-state index in [-0.39, 0.29) is 11.2 Å². The van der Waals surface area contributed by atoms with E-state index in [0.717, 1.165) is 60.8 Å². The summed E-state index contributed by atoms with van der Waals surface area (Å²) in [5.41, 5.74) is 3.77. The first kappa shape index (κ1) is 24.1. The number of benzene rings is 2. The number of piperidine rings is 1. The Bertz CT molecular complexity index is 1120. The monoisotopic (exact) mass is 486 g/mol. The van der Waals surface area contributed by atoms with E-state index in [1.807, 2.05) is 44.2 Å². The van der Waals surface area contributed by atoms with Gasteiger partial charge in [-0.15, -0.1) is 0 Å². The van der Waals surface area contributed by atoms with Crippen molar-refractivity contribution in [1.82, 2.24) is 14.5 Å². The molecule has 2 atom stereocenters. The van der Waals surface area contributed by atoms with Crippen molar-refractivity contribution in [2.45, 2.75) is 43.1 Å². The molecule has 0 radical (unpaired) electrons. The average molecular weight is 487 g/mol. The average Bonchev–Trinajstić information content (AvgIpc) is 3.17. The standard InChI is InChI=1S/C25H31ClN4O2S/c1-17-10-11-21(20(26)15-17)27-24(31)18(2)33-25-28-22-8-4-5-9-23(22)30(25)19-7-6-12-29(16-19)13-14-32-3/h4-5,8-11,15,18-19H,6-7,12-14,16H2,1-3H3,(H,27,31). The lowest BCUT2D eigenvalue weighted by molar-refractivity contribution is -0.115. The van der Waals surface area contributed by atoms with Crippen molar-refractivity contribution < 1.29 is 9.53 Å². The quantitative estimate of drug-likeness (QED) is 0.432. The Morgan fingerprint density at radius 2 is 2.15 bits per heavy atom. The number of nitrogens with zero attached hydrogens (tertiary/aromatic N) is 3. The van der Waals surface area contributed by atoms with Gasteiger partial charge in [0.2, 0.25) is 5.91 Å². The van der Waals surface area contributed by atoms with Gasteiger partial charge in [0, 0.05) is 26.2 Å². The van der Waals surface area contributed by atoms with Crippen LogP contribution in [-0.4, -0.2) is 59.0 Å². The first-order valence-corrected chi connectivity index (χ1v) is 12.6. The van der Waals surface area contributed by atoms with Crippen LogP contribution in [0.25, 0.3) is 11.0 Å². The number of nitrogens with one attached hydrogen (secondary N) is 1. The minimum absolute atomic E-state index is 0.0882. The molecule has 8 heteroatoms. The zero-order valence-corrected chi connectivity index (χ0v) is 21.0. The number of anilines is 1. The number of aryl methyl sites for hydroxylation is 1.